The maximum atomic E-state index is 12.0. The molecule has 1 N–H and O–H groups in total. The van der Waals surface area contributed by atoms with E-state index in [0.29, 0.717) is 16.6 Å². The Morgan fingerprint density at radius 1 is 1.36 bits per heavy atom. The van der Waals surface area contributed by atoms with Gasteiger partial charge in [0, 0.05) is 22.0 Å². The van der Waals surface area contributed by atoms with E-state index in [4.69, 9.17) is 23.2 Å². The Balaban J connectivity index is 1.67. The van der Waals surface area contributed by atoms with Crippen LogP contribution in [0.3, 0.4) is 0 Å². The van der Waals surface area contributed by atoms with Crippen molar-refractivity contribution in [2.45, 2.75) is 31.2 Å². The zero-order valence-corrected chi connectivity index (χ0v) is 13.3. The molecule has 0 spiro atoms. The van der Waals surface area contributed by atoms with E-state index in [9.17, 15) is 4.79 Å². The van der Waals surface area contributed by atoms with Crippen molar-refractivity contribution in [2.24, 2.45) is 0 Å². The van der Waals surface area contributed by atoms with E-state index in [1.165, 1.54) is 11.1 Å². The first-order chi connectivity index (χ1) is 10.6. The third-order valence-corrected chi connectivity index (χ3v) is 4.66. The maximum Gasteiger partial charge on any atom is 0.243 e. The van der Waals surface area contributed by atoms with Crippen molar-refractivity contribution >= 4 is 29.1 Å². The second-order valence-corrected chi connectivity index (χ2v) is 6.34. The van der Waals surface area contributed by atoms with Gasteiger partial charge in [0.25, 0.3) is 0 Å². The Hall–Kier alpha value is -1.66. The molecule has 1 aliphatic carbocycles. The van der Waals surface area contributed by atoms with E-state index in [1.54, 1.807) is 6.07 Å². The lowest BCUT2D eigenvalue weighted by molar-refractivity contribution is -0.122. The van der Waals surface area contributed by atoms with Gasteiger partial charge in [-0.2, -0.15) is 4.80 Å². The predicted molar refractivity (Wildman–Crippen MR) is 82.8 cm³/mol. The number of rotatable bonds is 5. The van der Waals surface area contributed by atoms with E-state index in [-0.39, 0.29) is 17.9 Å². The third kappa shape index (κ3) is 3.08. The van der Waals surface area contributed by atoms with Crippen LogP contribution in [0.5, 0.6) is 0 Å². The molecule has 1 amide bonds. The maximum absolute atomic E-state index is 12.0. The van der Waals surface area contributed by atoms with Crippen LogP contribution in [0.15, 0.2) is 24.5 Å². The third-order valence-electron chi connectivity index (χ3n) is 4.11. The monoisotopic (exact) mass is 339 g/mol. The van der Waals surface area contributed by atoms with Gasteiger partial charge in [0.05, 0.1) is 0 Å². The molecule has 0 unspecified atom stereocenters. The fourth-order valence-electron chi connectivity index (χ4n) is 2.78. The molecule has 0 aliphatic heterocycles. The Labute approximate surface area is 137 Å². The van der Waals surface area contributed by atoms with Crippen molar-refractivity contribution in [2.75, 3.05) is 6.54 Å². The fraction of sp³-hybridized carbons (Fsp3) is 0.429. The molecule has 22 heavy (non-hydrogen) atoms. The first kappa shape index (κ1) is 15.2. The molecular formula is C14H15Cl2N5O. The lowest BCUT2D eigenvalue weighted by atomic mass is 9.64. The molecular weight excluding hydrogens is 325 g/mol. The summed E-state index contributed by atoms with van der Waals surface area (Å²) in [6.45, 7) is 0.603. The topological polar surface area (TPSA) is 72.7 Å². The van der Waals surface area contributed by atoms with Gasteiger partial charge >= 0.3 is 0 Å². The second kappa shape index (κ2) is 6.22. The summed E-state index contributed by atoms with van der Waals surface area (Å²) in [5.41, 5.74) is 0.941. The SMILES string of the molecule is O=C(Cn1ncnn1)NCC1(c2ccc(Cl)cc2Cl)CCC1. The summed E-state index contributed by atoms with van der Waals surface area (Å²) in [7, 11) is 0. The Morgan fingerprint density at radius 3 is 2.77 bits per heavy atom. The van der Waals surface area contributed by atoms with E-state index in [0.717, 1.165) is 24.8 Å². The number of carbonyl (C=O) groups is 1. The summed E-state index contributed by atoms with van der Waals surface area (Å²) in [6, 6.07) is 5.54. The minimum atomic E-state index is -0.144. The van der Waals surface area contributed by atoms with Crippen LogP contribution in [0.25, 0.3) is 0 Å². The average Bonchev–Trinajstić information content (AvgIpc) is 2.92. The van der Waals surface area contributed by atoms with Crippen LogP contribution in [0.1, 0.15) is 24.8 Å². The van der Waals surface area contributed by atoms with Gasteiger partial charge < -0.3 is 5.32 Å². The molecule has 3 rings (SSSR count). The van der Waals surface area contributed by atoms with Gasteiger partial charge in [-0.3, -0.25) is 4.79 Å². The van der Waals surface area contributed by atoms with E-state index in [2.05, 4.69) is 20.7 Å². The zero-order valence-electron chi connectivity index (χ0n) is 11.8. The highest BCUT2D eigenvalue weighted by atomic mass is 35.5. The van der Waals surface area contributed by atoms with Crippen LogP contribution < -0.4 is 5.32 Å². The van der Waals surface area contributed by atoms with Crippen LogP contribution in [0.4, 0.5) is 0 Å². The van der Waals surface area contributed by atoms with Crippen molar-refractivity contribution in [1.82, 2.24) is 25.5 Å². The van der Waals surface area contributed by atoms with E-state index in [1.807, 2.05) is 12.1 Å². The van der Waals surface area contributed by atoms with Gasteiger partial charge in [0.2, 0.25) is 5.91 Å². The number of aromatic nitrogens is 4. The number of tetrazole rings is 1. The molecule has 1 aromatic heterocycles. The minimum Gasteiger partial charge on any atom is -0.354 e. The van der Waals surface area contributed by atoms with Gasteiger partial charge in [-0.05, 0) is 35.8 Å². The number of benzene rings is 1. The second-order valence-electron chi connectivity index (χ2n) is 5.50. The first-order valence-electron chi connectivity index (χ1n) is 7.02. The fourth-order valence-corrected chi connectivity index (χ4v) is 3.39. The van der Waals surface area contributed by atoms with Gasteiger partial charge in [0.15, 0.2) is 6.33 Å². The summed E-state index contributed by atoms with van der Waals surface area (Å²) < 4.78 is 0. The predicted octanol–water partition coefficient (Wildman–Crippen LogP) is 2.22. The zero-order chi connectivity index (χ0) is 15.6. The Kier molecular flexibility index (Phi) is 4.31. The smallest absolute Gasteiger partial charge is 0.243 e. The number of hydrogen-bond donors (Lipinski definition) is 1. The Morgan fingerprint density at radius 2 is 2.18 bits per heavy atom. The molecule has 6 nitrogen and oxygen atoms in total. The first-order valence-corrected chi connectivity index (χ1v) is 7.78. The van der Waals surface area contributed by atoms with Crippen LogP contribution in [0.2, 0.25) is 10.0 Å². The highest BCUT2D eigenvalue weighted by Gasteiger charge is 2.40. The number of nitrogens with one attached hydrogen (secondary N) is 1. The molecule has 1 aromatic carbocycles. The highest BCUT2D eigenvalue weighted by Crippen LogP contribution is 2.46. The van der Waals surface area contributed by atoms with E-state index >= 15 is 0 Å². The highest BCUT2D eigenvalue weighted by molar-refractivity contribution is 6.35. The quantitative estimate of drug-likeness (QED) is 0.906. The van der Waals surface area contributed by atoms with Gasteiger partial charge in [-0.15, -0.1) is 10.2 Å². The van der Waals surface area contributed by atoms with Crippen molar-refractivity contribution in [1.29, 1.82) is 0 Å². The minimum absolute atomic E-state index is 0.0600. The van der Waals surface area contributed by atoms with Crippen LogP contribution in [0, 0.1) is 0 Å². The molecule has 1 heterocycles. The molecule has 116 valence electrons. The average molecular weight is 340 g/mol. The normalized spacial score (nSPS) is 16.1. The van der Waals surface area contributed by atoms with Gasteiger partial charge in [0.1, 0.15) is 6.54 Å². The van der Waals surface area contributed by atoms with Gasteiger partial charge in [-0.1, -0.05) is 35.7 Å². The molecule has 2 aromatic rings. The molecule has 8 heteroatoms. The number of hydrogen-bond acceptors (Lipinski definition) is 4. The van der Waals surface area contributed by atoms with E-state index < -0.39 is 0 Å². The molecule has 0 atom stereocenters. The van der Waals surface area contributed by atoms with Crippen LogP contribution in [-0.4, -0.2) is 32.7 Å². The lowest BCUT2D eigenvalue weighted by Crippen LogP contribution is -2.46. The van der Waals surface area contributed by atoms with Crippen molar-refractivity contribution in [3.8, 4) is 0 Å². The lowest BCUT2D eigenvalue weighted by Gasteiger charge is -2.43. The molecule has 0 bridgehead atoms. The molecule has 1 aliphatic rings. The standard InChI is InChI=1S/C14H15Cl2N5O/c15-10-2-3-11(12(16)6-10)14(4-1-5-14)8-17-13(22)7-21-19-9-18-20-21/h2-3,6,9H,1,4-5,7-8H2,(H,17,22). The summed E-state index contributed by atoms with van der Waals surface area (Å²) in [4.78, 5) is 13.2. The molecule has 0 radical (unpaired) electrons. The largest absolute Gasteiger partial charge is 0.354 e. The summed E-state index contributed by atoms with van der Waals surface area (Å²) in [6.07, 6.45) is 4.42. The van der Waals surface area contributed by atoms with Gasteiger partial charge in [-0.25, -0.2) is 0 Å². The van der Waals surface area contributed by atoms with Crippen LogP contribution >= 0.6 is 23.2 Å². The molecule has 1 fully saturated rings. The number of carbonyl (C=O) groups excluding carboxylic acids is 1. The summed E-state index contributed by atoms with van der Waals surface area (Å²) in [5.74, 6) is -0.144. The number of halogens is 2. The Bertz CT molecular complexity index is 670. The summed E-state index contributed by atoms with van der Waals surface area (Å²) in [5, 5.41) is 15.3. The number of amides is 1. The van der Waals surface area contributed by atoms with Crippen molar-refractivity contribution in [3.05, 3.63) is 40.1 Å². The van der Waals surface area contributed by atoms with Crippen molar-refractivity contribution < 1.29 is 4.79 Å². The number of nitrogens with zero attached hydrogens (tertiary/aromatic N) is 4. The molecule has 1 saturated carbocycles. The van der Waals surface area contributed by atoms with Crippen molar-refractivity contribution in [3.63, 3.8) is 0 Å². The molecule has 0 saturated heterocycles. The van der Waals surface area contributed by atoms with Crippen LogP contribution in [-0.2, 0) is 16.8 Å². The summed E-state index contributed by atoms with van der Waals surface area (Å²) >= 11 is 12.3.